The van der Waals surface area contributed by atoms with Crippen LogP contribution in [-0.2, 0) is 4.79 Å². The van der Waals surface area contributed by atoms with Crippen molar-refractivity contribution in [2.45, 2.75) is 52.8 Å². The van der Waals surface area contributed by atoms with Gasteiger partial charge in [-0.15, -0.1) is 0 Å². The Labute approximate surface area is 182 Å². The standard InChI is InChI=1S/C20H26F3N5O2S/c1-10-6-8-28(14(10)16(24)29)18(30)27-17-26-11(2)15(31-17)12-5-7-25-13(9-12)19(3,4)20(21,22)23/h9-10,14H,5-8H2,1-4H3,(H2,24,29)(H,26,27,30). The van der Waals surface area contributed by atoms with Crippen molar-refractivity contribution in [3.8, 4) is 0 Å². The van der Waals surface area contributed by atoms with Crippen LogP contribution in [0.15, 0.2) is 11.1 Å². The number of likely N-dealkylation sites (tertiary alicyclic amines) is 1. The number of hydrogen-bond donors (Lipinski definition) is 2. The van der Waals surface area contributed by atoms with E-state index in [1.54, 1.807) is 6.92 Å². The molecule has 1 fully saturated rings. The van der Waals surface area contributed by atoms with Gasteiger partial charge in [0.15, 0.2) is 5.13 Å². The maximum Gasteiger partial charge on any atom is 0.399 e. The van der Waals surface area contributed by atoms with Crippen molar-refractivity contribution in [1.82, 2.24) is 9.88 Å². The van der Waals surface area contributed by atoms with Crippen molar-refractivity contribution in [2.24, 2.45) is 22.1 Å². The molecule has 2 aliphatic rings. The fourth-order valence-electron chi connectivity index (χ4n) is 3.80. The Morgan fingerprint density at radius 1 is 1.32 bits per heavy atom. The van der Waals surface area contributed by atoms with Gasteiger partial charge in [-0.1, -0.05) is 18.3 Å². The predicted octanol–water partition coefficient (Wildman–Crippen LogP) is 4.00. The molecule has 0 radical (unpaired) electrons. The van der Waals surface area contributed by atoms with E-state index >= 15 is 0 Å². The van der Waals surface area contributed by atoms with Crippen LogP contribution in [-0.4, -0.2) is 52.8 Å². The molecule has 3 N–H and O–H groups in total. The number of dihydropyridines is 1. The number of aryl methyl sites for hydroxylation is 1. The number of carbonyl (C=O) groups is 2. The Hall–Kier alpha value is -2.43. The van der Waals surface area contributed by atoms with Crippen LogP contribution in [0, 0.1) is 18.3 Å². The number of alkyl halides is 3. The smallest absolute Gasteiger partial charge is 0.368 e. The summed E-state index contributed by atoms with van der Waals surface area (Å²) in [5, 5.41) is 3.02. The number of nitrogens with one attached hydrogen (secondary N) is 1. The molecule has 0 aliphatic carbocycles. The SMILES string of the molecule is Cc1nc(NC(=O)N2CCC(C)C2C(N)=O)sc1C1=CC(C(C)(C)C(F)(F)F)=NCC1. The summed E-state index contributed by atoms with van der Waals surface area (Å²) in [6, 6.07) is -1.14. The number of urea groups is 1. The van der Waals surface area contributed by atoms with E-state index in [1.165, 1.54) is 22.3 Å². The number of halogens is 3. The van der Waals surface area contributed by atoms with Crippen molar-refractivity contribution < 1.29 is 22.8 Å². The van der Waals surface area contributed by atoms with Crippen LogP contribution in [0.4, 0.5) is 23.1 Å². The Bertz CT molecular complexity index is 951. The number of nitrogens with zero attached hydrogens (tertiary/aromatic N) is 3. The number of hydrogen-bond acceptors (Lipinski definition) is 5. The van der Waals surface area contributed by atoms with E-state index in [1.807, 2.05) is 6.92 Å². The molecule has 0 saturated carbocycles. The minimum absolute atomic E-state index is 0.0185. The second-order valence-electron chi connectivity index (χ2n) is 8.48. The summed E-state index contributed by atoms with van der Waals surface area (Å²) in [5.41, 5.74) is 4.68. The van der Waals surface area contributed by atoms with Crippen molar-refractivity contribution in [3.05, 3.63) is 16.6 Å². The van der Waals surface area contributed by atoms with Gasteiger partial charge in [0.05, 0.1) is 10.6 Å². The summed E-state index contributed by atoms with van der Waals surface area (Å²) in [4.78, 5) is 35.0. The fourth-order valence-corrected chi connectivity index (χ4v) is 4.80. The number of carbonyl (C=O) groups excluding carboxylic acids is 2. The van der Waals surface area contributed by atoms with Gasteiger partial charge in [0.1, 0.15) is 11.5 Å². The van der Waals surface area contributed by atoms with Crippen molar-refractivity contribution >= 4 is 39.7 Å². The molecule has 1 aromatic heterocycles. The lowest BCUT2D eigenvalue weighted by molar-refractivity contribution is -0.185. The van der Waals surface area contributed by atoms with Crippen molar-refractivity contribution in [3.63, 3.8) is 0 Å². The van der Waals surface area contributed by atoms with E-state index in [4.69, 9.17) is 5.73 Å². The molecule has 7 nitrogen and oxygen atoms in total. The monoisotopic (exact) mass is 457 g/mol. The average molecular weight is 458 g/mol. The number of anilines is 1. The summed E-state index contributed by atoms with van der Waals surface area (Å²) in [6.07, 6.45) is -1.78. The first-order chi connectivity index (χ1) is 14.3. The van der Waals surface area contributed by atoms with Crippen LogP contribution in [0.2, 0.25) is 0 Å². The molecule has 1 saturated heterocycles. The normalized spacial score (nSPS) is 22.2. The molecule has 2 unspecified atom stereocenters. The number of allylic oxidation sites excluding steroid dienone is 1. The molecule has 3 amide bonds. The van der Waals surface area contributed by atoms with Crippen LogP contribution < -0.4 is 11.1 Å². The lowest BCUT2D eigenvalue weighted by atomic mass is 9.84. The van der Waals surface area contributed by atoms with Crippen LogP contribution in [0.3, 0.4) is 0 Å². The quantitative estimate of drug-likeness (QED) is 0.715. The minimum Gasteiger partial charge on any atom is -0.368 e. The Kier molecular flexibility index (Phi) is 6.18. The zero-order valence-electron chi connectivity index (χ0n) is 17.8. The van der Waals surface area contributed by atoms with Gasteiger partial charge in [0, 0.05) is 18.8 Å². The number of thiazole rings is 1. The van der Waals surface area contributed by atoms with E-state index in [0.29, 0.717) is 40.7 Å². The van der Waals surface area contributed by atoms with Gasteiger partial charge in [0.2, 0.25) is 5.91 Å². The Balaban J connectivity index is 1.81. The first kappa shape index (κ1) is 23.2. The number of aromatic nitrogens is 1. The number of aliphatic imine (C=N–C) groups is 1. The fraction of sp³-hybridized carbons (Fsp3) is 0.600. The van der Waals surface area contributed by atoms with Gasteiger partial charge in [0.25, 0.3) is 0 Å². The molecule has 2 atom stereocenters. The first-order valence-electron chi connectivity index (χ1n) is 10.00. The summed E-state index contributed by atoms with van der Waals surface area (Å²) >= 11 is 1.19. The van der Waals surface area contributed by atoms with E-state index in [9.17, 15) is 22.8 Å². The molecular weight excluding hydrogens is 431 g/mol. The molecule has 0 aromatic carbocycles. The molecule has 0 spiro atoms. The average Bonchev–Trinajstić information content (AvgIpc) is 3.23. The highest BCUT2D eigenvalue weighted by Crippen LogP contribution is 2.42. The number of primary amides is 1. The molecule has 3 rings (SSSR count). The third-order valence-corrected chi connectivity index (χ3v) is 7.03. The summed E-state index contributed by atoms with van der Waals surface area (Å²) in [6.45, 7) is 6.50. The third-order valence-electron chi connectivity index (χ3n) is 5.88. The first-order valence-corrected chi connectivity index (χ1v) is 10.8. The molecule has 31 heavy (non-hydrogen) atoms. The highest BCUT2D eigenvalue weighted by Gasteiger charge is 2.50. The van der Waals surface area contributed by atoms with Gasteiger partial charge in [-0.2, -0.15) is 13.2 Å². The predicted molar refractivity (Wildman–Crippen MR) is 114 cm³/mol. The second-order valence-corrected chi connectivity index (χ2v) is 9.48. The van der Waals surface area contributed by atoms with Gasteiger partial charge in [-0.25, -0.2) is 9.78 Å². The van der Waals surface area contributed by atoms with E-state index < -0.39 is 29.6 Å². The molecule has 0 bridgehead atoms. The van der Waals surface area contributed by atoms with E-state index in [2.05, 4.69) is 15.3 Å². The van der Waals surface area contributed by atoms with Crippen LogP contribution in [0.25, 0.3) is 5.57 Å². The van der Waals surface area contributed by atoms with E-state index in [0.717, 1.165) is 13.8 Å². The topological polar surface area (TPSA) is 101 Å². The van der Waals surface area contributed by atoms with Gasteiger partial charge in [-0.3, -0.25) is 15.1 Å². The van der Waals surface area contributed by atoms with Crippen LogP contribution in [0.5, 0.6) is 0 Å². The highest BCUT2D eigenvalue weighted by molar-refractivity contribution is 7.17. The van der Waals surface area contributed by atoms with E-state index in [-0.39, 0.29) is 18.2 Å². The Morgan fingerprint density at radius 2 is 2.00 bits per heavy atom. The molecule has 170 valence electrons. The summed E-state index contributed by atoms with van der Waals surface area (Å²) < 4.78 is 40.3. The zero-order chi connectivity index (χ0) is 23.1. The number of nitrogens with two attached hydrogens (primary N) is 1. The minimum atomic E-state index is -4.42. The van der Waals surface area contributed by atoms with Gasteiger partial charge >= 0.3 is 12.2 Å². The lowest BCUT2D eigenvalue weighted by Gasteiger charge is -2.30. The largest absolute Gasteiger partial charge is 0.399 e. The van der Waals surface area contributed by atoms with Gasteiger partial charge < -0.3 is 10.6 Å². The molecule has 1 aromatic rings. The molecular formula is C20H26F3N5O2S. The van der Waals surface area contributed by atoms with Crippen LogP contribution >= 0.6 is 11.3 Å². The summed E-state index contributed by atoms with van der Waals surface area (Å²) in [5.74, 6) is -0.582. The lowest BCUT2D eigenvalue weighted by Crippen LogP contribution is -2.47. The molecule has 11 heteroatoms. The van der Waals surface area contributed by atoms with Crippen molar-refractivity contribution in [1.29, 1.82) is 0 Å². The second kappa shape index (κ2) is 8.25. The molecule has 2 aliphatic heterocycles. The number of amides is 3. The van der Waals surface area contributed by atoms with Crippen molar-refractivity contribution in [2.75, 3.05) is 18.4 Å². The maximum atomic E-state index is 13.4. The van der Waals surface area contributed by atoms with Gasteiger partial charge in [-0.05, 0) is 51.2 Å². The Morgan fingerprint density at radius 3 is 2.61 bits per heavy atom. The van der Waals surface area contributed by atoms with Crippen LogP contribution in [0.1, 0.15) is 44.2 Å². The number of rotatable bonds is 4. The highest BCUT2D eigenvalue weighted by atomic mass is 32.1. The molecule has 3 heterocycles. The maximum absolute atomic E-state index is 13.4. The third kappa shape index (κ3) is 4.46. The summed E-state index contributed by atoms with van der Waals surface area (Å²) in [7, 11) is 0. The zero-order valence-corrected chi connectivity index (χ0v) is 18.7.